The second-order valence-corrected chi connectivity index (χ2v) is 7.31. The first-order chi connectivity index (χ1) is 12.6. The van der Waals surface area contributed by atoms with Crippen molar-refractivity contribution in [2.45, 2.75) is 111 Å². The van der Waals surface area contributed by atoms with Crippen molar-refractivity contribution in [3.63, 3.8) is 0 Å². The Kier molecular flexibility index (Phi) is 25.9. The number of hydrogen-bond donors (Lipinski definition) is 2. The normalized spacial score (nSPS) is 10.7. The number of rotatable bonds is 18. The molecule has 0 aromatic heterocycles. The van der Waals surface area contributed by atoms with E-state index in [2.05, 4.69) is 25.7 Å². The number of carboxylic acids is 1. The molecule has 0 saturated heterocycles. The van der Waals surface area contributed by atoms with Crippen molar-refractivity contribution in [3.8, 4) is 0 Å². The molecule has 0 amide bonds. The van der Waals surface area contributed by atoms with E-state index in [9.17, 15) is 4.79 Å². The zero-order valence-electron chi connectivity index (χ0n) is 18.1. The number of nitrogens with two attached hydrogens (primary N) is 1. The van der Waals surface area contributed by atoms with E-state index in [0.29, 0.717) is 6.42 Å². The molecule has 3 N–H and O–H groups in total. The molecule has 0 aliphatic carbocycles. The van der Waals surface area contributed by atoms with Gasteiger partial charge in [0.25, 0.3) is 0 Å². The van der Waals surface area contributed by atoms with E-state index in [1.165, 1.54) is 83.7 Å². The average Bonchev–Trinajstić information content (AvgIpc) is 2.61. The highest BCUT2D eigenvalue weighted by atomic mass is 16.4. The molecule has 0 unspecified atom stereocenters. The van der Waals surface area contributed by atoms with Crippen LogP contribution in [-0.4, -0.2) is 42.2 Å². The maximum Gasteiger partial charge on any atom is 0.303 e. The van der Waals surface area contributed by atoms with Gasteiger partial charge in [0.05, 0.1) is 0 Å². The van der Waals surface area contributed by atoms with Gasteiger partial charge in [0, 0.05) is 19.5 Å². The van der Waals surface area contributed by atoms with E-state index in [1.807, 2.05) is 0 Å². The lowest BCUT2D eigenvalue weighted by Crippen LogP contribution is -2.30. The smallest absolute Gasteiger partial charge is 0.303 e. The van der Waals surface area contributed by atoms with Gasteiger partial charge >= 0.3 is 5.97 Å². The molecule has 0 rings (SSSR count). The highest BCUT2D eigenvalue weighted by molar-refractivity contribution is 5.66. The average molecular weight is 373 g/mol. The summed E-state index contributed by atoms with van der Waals surface area (Å²) in [7, 11) is 0. The molecular formula is C22H48N2O2. The van der Waals surface area contributed by atoms with Crippen molar-refractivity contribution in [3.05, 3.63) is 0 Å². The Bertz CT molecular complexity index is 259. The van der Waals surface area contributed by atoms with Gasteiger partial charge in [-0.2, -0.15) is 0 Å². The minimum absolute atomic E-state index is 0.344. The third-order valence-electron chi connectivity index (χ3n) is 4.52. The van der Waals surface area contributed by atoms with Crippen LogP contribution in [0.2, 0.25) is 0 Å². The Morgan fingerprint density at radius 1 is 0.692 bits per heavy atom. The molecule has 0 fully saturated rings. The highest BCUT2D eigenvalue weighted by Crippen LogP contribution is 2.11. The van der Waals surface area contributed by atoms with Gasteiger partial charge in [-0.05, 0) is 32.4 Å². The topological polar surface area (TPSA) is 66.6 Å². The Labute approximate surface area is 163 Å². The Morgan fingerprint density at radius 3 is 1.46 bits per heavy atom. The van der Waals surface area contributed by atoms with Crippen LogP contribution in [0.3, 0.4) is 0 Å². The molecule has 158 valence electrons. The predicted molar refractivity (Wildman–Crippen MR) is 115 cm³/mol. The van der Waals surface area contributed by atoms with E-state index < -0.39 is 5.97 Å². The van der Waals surface area contributed by atoms with Crippen molar-refractivity contribution in [1.29, 1.82) is 0 Å². The van der Waals surface area contributed by atoms with Crippen LogP contribution in [0.5, 0.6) is 0 Å². The Hall–Kier alpha value is -0.610. The summed E-state index contributed by atoms with van der Waals surface area (Å²) in [6, 6.07) is 0. The summed E-state index contributed by atoms with van der Waals surface area (Å²) in [5, 5.41) is 8.46. The number of hydrogen-bond acceptors (Lipinski definition) is 3. The van der Waals surface area contributed by atoms with E-state index in [1.54, 1.807) is 0 Å². The SMILES string of the molecule is CCCCCCCCCCCCCC(=O)O.CCCN(CCC)CCN. The van der Waals surface area contributed by atoms with Crippen LogP contribution in [0.1, 0.15) is 111 Å². The second-order valence-electron chi connectivity index (χ2n) is 7.31. The van der Waals surface area contributed by atoms with Crippen LogP contribution in [-0.2, 0) is 4.79 Å². The van der Waals surface area contributed by atoms with Gasteiger partial charge < -0.3 is 15.7 Å². The molecule has 0 bridgehead atoms. The fourth-order valence-corrected chi connectivity index (χ4v) is 3.09. The largest absolute Gasteiger partial charge is 0.481 e. The molecule has 0 atom stereocenters. The molecule has 0 aromatic carbocycles. The molecule has 0 aliphatic heterocycles. The first-order valence-electron chi connectivity index (χ1n) is 11.3. The minimum atomic E-state index is -0.657. The molecule has 0 spiro atoms. The molecule has 0 aliphatic rings. The van der Waals surface area contributed by atoms with Crippen molar-refractivity contribution in [2.75, 3.05) is 26.2 Å². The minimum Gasteiger partial charge on any atom is -0.481 e. The zero-order chi connectivity index (χ0) is 19.9. The molecule has 0 heterocycles. The fraction of sp³-hybridized carbons (Fsp3) is 0.955. The van der Waals surface area contributed by atoms with Gasteiger partial charge in [-0.3, -0.25) is 4.79 Å². The van der Waals surface area contributed by atoms with E-state index >= 15 is 0 Å². The molecule has 4 nitrogen and oxygen atoms in total. The lowest BCUT2D eigenvalue weighted by molar-refractivity contribution is -0.137. The fourth-order valence-electron chi connectivity index (χ4n) is 3.09. The summed E-state index contributed by atoms with van der Waals surface area (Å²) in [6.45, 7) is 10.9. The van der Waals surface area contributed by atoms with E-state index in [-0.39, 0.29) is 0 Å². The van der Waals surface area contributed by atoms with Crippen LogP contribution >= 0.6 is 0 Å². The predicted octanol–water partition coefficient (Wildman–Crippen LogP) is 5.84. The van der Waals surface area contributed by atoms with Gasteiger partial charge in [0.2, 0.25) is 0 Å². The van der Waals surface area contributed by atoms with Gasteiger partial charge in [-0.25, -0.2) is 0 Å². The number of aliphatic carboxylic acids is 1. The van der Waals surface area contributed by atoms with E-state index in [4.69, 9.17) is 10.8 Å². The van der Waals surface area contributed by atoms with Gasteiger partial charge in [0.1, 0.15) is 0 Å². The third-order valence-corrected chi connectivity index (χ3v) is 4.52. The molecular weight excluding hydrogens is 324 g/mol. The van der Waals surface area contributed by atoms with Crippen LogP contribution in [0.4, 0.5) is 0 Å². The zero-order valence-corrected chi connectivity index (χ0v) is 18.1. The highest BCUT2D eigenvalue weighted by Gasteiger charge is 1.98. The second kappa shape index (κ2) is 24.4. The van der Waals surface area contributed by atoms with Crippen LogP contribution in [0.15, 0.2) is 0 Å². The van der Waals surface area contributed by atoms with Gasteiger partial charge in [-0.1, -0.05) is 85.0 Å². The molecule has 0 aromatic rings. The van der Waals surface area contributed by atoms with Crippen molar-refractivity contribution < 1.29 is 9.90 Å². The van der Waals surface area contributed by atoms with Crippen LogP contribution in [0, 0.1) is 0 Å². The standard InChI is InChI=1S/C14H28O2.C8H20N2/c1-2-3-4-5-6-7-8-9-10-11-12-13-14(15)16;1-3-6-10(7-4-2)8-5-9/h2-13H2,1H3,(H,15,16);3-9H2,1-2H3. The third kappa shape index (κ3) is 25.6. The Balaban J connectivity index is 0. The summed E-state index contributed by atoms with van der Waals surface area (Å²) >= 11 is 0. The summed E-state index contributed by atoms with van der Waals surface area (Å²) < 4.78 is 0. The lowest BCUT2D eigenvalue weighted by atomic mass is 10.1. The number of unbranched alkanes of at least 4 members (excludes halogenated alkanes) is 10. The summed E-state index contributed by atoms with van der Waals surface area (Å²) in [5.74, 6) is -0.657. The number of nitrogens with zero attached hydrogens (tertiary/aromatic N) is 1. The van der Waals surface area contributed by atoms with Gasteiger partial charge in [-0.15, -0.1) is 0 Å². The maximum atomic E-state index is 10.3. The van der Waals surface area contributed by atoms with Crippen LogP contribution < -0.4 is 5.73 Å². The van der Waals surface area contributed by atoms with Crippen molar-refractivity contribution >= 4 is 5.97 Å². The maximum absolute atomic E-state index is 10.3. The summed E-state index contributed by atoms with van der Waals surface area (Å²) in [6.07, 6.45) is 16.8. The molecule has 0 saturated carbocycles. The quantitative estimate of drug-likeness (QED) is 0.297. The number of carbonyl (C=O) groups is 1. The van der Waals surface area contributed by atoms with Crippen molar-refractivity contribution in [1.82, 2.24) is 4.90 Å². The first-order valence-corrected chi connectivity index (χ1v) is 11.3. The lowest BCUT2D eigenvalue weighted by Gasteiger charge is -2.19. The first kappa shape index (κ1) is 27.6. The van der Waals surface area contributed by atoms with E-state index in [0.717, 1.165) is 25.9 Å². The monoisotopic (exact) mass is 372 g/mol. The summed E-state index contributed by atoms with van der Waals surface area (Å²) in [4.78, 5) is 12.7. The van der Waals surface area contributed by atoms with Crippen molar-refractivity contribution in [2.24, 2.45) is 5.73 Å². The number of carboxylic acid groups (broad SMARTS) is 1. The molecule has 26 heavy (non-hydrogen) atoms. The van der Waals surface area contributed by atoms with Crippen LogP contribution in [0.25, 0.3) is 0 Å². The summed E-state index contributed by atoms with van der Waals surface area (Å²) in [5.41, 5.74) is 5.45. The Morgan fingerprint density at radius 2 is 1.12 bits per heavy atom. The molecule has 4 heteroatoms. The molecule has 0 radical (unpaired) electrons. The van der Waals surface area contributed by atoms with Gasteiger partial charge in [0.15, 0.2) is 0 Å².